The second-order valence-corrected chi connectivity index (χ2v) is 11.9. The Hall–Kier alpha value is -2.36. The molecule has 0 unspecified atom stereocenters. The molecule has 0 bridgehead atoms. The van der Waals surface area contributed by atoms with Gasteiger partial charge in [-0.05, 0) is 40.5 Å². The highest BCUT2D eigenvalue weighted by Gasteiger charge is 2.33. The minimum absolute atomic E-state index is 0.0478. The van der Waals surface area contributed by atoms with Gasteiger partial charge >= 0.3 is 0 Å². The monoisotopic (exact) mass is 390 g/mol. The van der Waals surface area contributed by atoms with Crippen LogP contribution in [-0.4, -0.2) is 20.0 Å². The molecule has 0 aliphatic heterocycles. The fourth-order valence-electron chi connectivity index (χ4n) is 3.74. The summed E-state index contributed by atoms with van der Waals surface area (Å²) in [6, 6.07) is 28.1. The van der Waals surface area contributed by atoms with Crippen molar-refractivity contribution in [3.8, 4) is 0 Å². The summed E-state index contributed by atoms with van der Waals surface area (Å²) in [5.74, 6) is 0.844. The topological polar surface area (TPSA) is 29.5 Å². The number of hydrogen-bond donors (Lipinski definition) is 1. The maximum Gasteiger partial charge on any atom is 0.250 e. The first-order valence-corrected chi connectivity index (χ1v) is 12.8. The standard InChI is InChI=1S/C25H30O2Si/c1-4-28(5-2,6-3)27-25(24(19-26)21-13-8-7-9-14-21)23-17-16-20-12-10-11-15-22(20)18-23/h7-18,26H,4-6,19H2,1-3H3/b25-24-. The van der Waals surface area contributed by atoms with Crippen LogP contribution in [0.3, 0.4) is 0 Å². The Morgan fingerprint density at radius 1 is 0.750 bits per heavy atom. The Bertz CT molecular complexity index is 935. The molecule has 146 valence electrons. The lowest BCUT2D eigenvalue weighted by molar-refractivity contribution is 0.347. The number of aliphatic hydroxyl groups excluding tert-OH is 1. The first-order valence-electron chi connectivity index (χ1n) is 10.2. The van der Waals surface area contributed by atoms with Gasteiger partial charge in [0.25, 0.3) is 8.32 Å². The predicted octanol–water partition coefficient (Wildman–Crippen LogP) is 6.72. The zero-order chi connectivity index (χ0) is 20.0. The molecule has 0 fully saturated rings. The van der Waals surface area contributed by atoms with Gasteiger partial charge in [-0.15, -0.1) is 0 Å². The Kier molecular flexibility index (Phi) is 6.71. The summed E-state index contributed by atoms with van der Waals surface area (Å²) in [6.07, 6.45) is 0. The number of fused-ring (bicyclic) bond motifs is 1. The molecule has 0 saturated carbocycles. The summed E-state index contributed by atoms with van der Waals surface area (Å²) in [5.41, 5.74) is 2.92. The molecule has 0 saturated heterocycles. The highest BCUT2D eigenvalue weighted by Crippen LogP contribution is 2.35. The lowest BCUT2D eigenvalue weighted by atomic mass is 9.99. The van der Waals surface area contributed by atoms with E-state index in [2.05, 4.69) is 63.2 Å². The van der Waals surface area contributed by atoms with E-state index in [1.54, 1.807) is 0 Å². The summed E-state index contributed by atoms with van der Waals surface area (Å²) in [4.78, 5) is 0. The number of aliphatic hydroxyl groups is 1. The maximum atomic E-state index is 10.3. The van der Waals surface area contributed by atoms with Gasteiger partial charge in [0.1, 0.15) is 5.76 Å². The van der Waals surface area contributed by atoms with E-state index >= 15 is 0 Å². The highest BCUT2D eigenvalue weighted by molar-refractivity contribution is 6.74. The molecule has 3 aromatic carbocycles. The summed E-state index contributed by atoms with van der Waals surface area (Å²) in [5, 5.41) is 12.7. The lowest BCUT2D eigenvalue weighted by Crippen LogP contribution is -2.35. The molecule has 0 atom stereocenters. The number of rotatable bonds is 8. The number of hydrogen-bond acceptors (Lipinski definition) is 2. The van der Waals surface area contributed by atoms with Crippen LogP contribution in [0.4, 0.5) is 0 Å². The van der Waals surface area contributed by atoms with Crippen LogP contribution in [0.1, 0.15) is 31.9 Å². The van der Waals surface area contributed by atoms with Crippen molar-refractivity contribution < 1.29 is 9.53 Å². The summed E-state index contributed by atoms with van der Waals surface area (Å²) >= 11 is 0. The van der Waals surface area contributed by atoms with E-state index in [0.29, 0.717) is 0 Å². The lowest BCUT2D eigenvalue weighted by Gasteiger charge is -2.32. The number of benzene rings is 3. The zero-order valence-corrected chi connectivity index (χ0v) is 18.1. The first-order chi connectivity index (χ1) is 13.7. The van der Waals surface area contributed by atoms with Crippen molar-refractivity contribution in [1.82, 2.24) is 0 Å². The van der Waals surface area contributed by atoms with Crippen molar-refractivity contribution in [3.05, 3.63) is 83.9 Å². The molecule has 1 N–H and O–H groups in total. The first kappa shape index (κ1) is 20.4. The van der Waals surface area contributed by atoms with Crippen molar-refractivity contribution in [2.24, 2.45) is 0 Å². The van der Waals surface area contributed by atoms with Gasteiger partial charge < -0.3 is 9.53 Å². The second kappa shape index (κ2) is 9.22. The van der Waals surface area contributed by atoms with Crippen LogP contribution in [0.15, 0.2) is 72.8 Å². The van der Waals surface area contributed by atoms with Gasteiger partial charge in [0.2, 0.25) is 0 Å². The Balaban J connectivity index is 2.21. The van der Waals surface area contributed by atoms with E-state index < -0.39 is 8.32 Å². The normalized spacial score (nSPS) is 12.7. The summed E-state index contributed by atoms with van der Waals surface area (Å²) in [6.45, 7) is 6.66. The summed E-state index contributed by atoms with van der Waals surface area (Å²) < 4.78 is 6.89. The van der Waals surface area contributed by atoms with Crippen molar-refractivity contribution >= 4 is 30.4 Å². The van der Waals surface area contributed by atoms with Crippen LogP contribution in [0, 0.1) is 0 Å². The molecule has 0 aromatic heterocycles. The van der Waals surface area contributed by atoms with Gasteiger partial charge in [-0.25, -0.2) is 0 Å². The van der Waals surface area contributed by atoms with Crippen molar-refractivity contribution in [2.75, 3.05) is 6.61 Å². The van der Waals surface area contributed by atoms with Crippen LogP contribution in [0.2, 0.25) is 18.1 Å². The fraction of sp³-hybridized carbons (Fsp3) is 0.280. The highest BCUT2D eigenvalue weighted by atomic mass is 28.4. The molecular formula is C25H30O2Si. The molecule has 28 heavy (non-hydrogen) atoms. The third-order valence-electron chi connectivity index (χ3n) is 5.82. The third-order valence-corrected chi connectivity index (χ3v) is 10.3. The van der Waals surface area contributed by atoms with E-state index in [9.17, 15) is 5.11 Å². The van der Waals surface area contributed by atoms with E-state index in [1.807, 2.05) is 30.3 Å². The predicted molar refractivity (Wildman–Crippen MR) is 123 cm³/mol. The Labute approximate surface area is 169 Å². The average Bonchev–Trinajstić information content (AvgIpc) is 2.77. The Morgan fingerprint density at radius 2 is 1.36 bits per heavy atom. The maximum absolute atomic E-state index is 10.3. The molecule has 0 heterocycles. The van der Waals surface area contributed by atoms with E-state index in [1.165, 1.54) is 10.8 Å². The van der Waals surface area contributed by atoms with E-state index in [0.717, 1.165) is 40.6 Å². The van der Waals surface area contributed by atoms with E-state index in [4.69, 9.17) is 4.43 Å². The van der Waals surface area contributed by atoms with Crippen LogP contribution < -0.4 is 0 Å². The molecule has 3 aromatic rings. The SMILES string of the molecule is CC[Si](CC)(CC)O/C(=C(/CO)c1ccccc1)c1ccc2ccccc2c1. The second-order valence-electron chi connectivity index (χ2n) is 7.24. The minimum Gasteiger partial charge on any atom is -0.543 e. The van der Waals surface area contributed by atoms with Crippen molar-refractivity contribution in [3.63, 3.8) is 0 Å². The van der Waals surface area contributed by atoms with Crippen LogP contribution >= 0.6 is 0 Å². The third kappa shape index (κ3) is 4.21. The zero-order valence-electron chi connectivity index (χ0n) is 17.1. The molecule has 0 radical (unpaired) electrons. The van der Waals surface area contributed by atoms with Crippen LogP contribution in [0.25, 0.3) is 22.1 Å². The largest absolute Gasteiger partial charge is 0.543 e. The minimum atomic E-state index is -1.91. The van der Waals surface area contributed by atoms with E-state index in [-0.39, 0.29) is 6.61 Å². The van der Waals surface area contributed by atoms with Crippen LogP contribution in [0.5, 0.6) is 0 Å². The van der Waals surface area contributed by atoms with Crippen molar-refractivity contribution in [1.29, 1.82) is 0 Å². The molecule has 0 aliphatic carbocycles. The fourth-order valence-corrected chi connectivity index (χ4v) is 6.35. The Morgan fingerprint density at radius 3 is 1.96 bits per heavy atom. The average molecular weight is 391 g/mol. The molecule has 0 amide bonds. The molecular weight excluding hydrogens is 360 g/mol. The molecule has 0 aliphatic rings. The van der Waals surface area contributed by atoms with Crippen molar-refractivity contribution in [2.45, 2.75) is 38.9 Å². The van der Waals surface area contributed by atoms with Crippen LogP contribution in [-0.2, 0) is 4.43 Å². The smallest absolute Gasteiger partial charge is 0.250 e. The van der Waals surface area contributed by atoms with Gasteiger partial charge in [-0.2, -0.15) is 0 Å². The molecule has 2 nitrogen and oxygen atoms in total. The van der Waals surface area contributed by atoms with Gasteiger partial charge in [0, 0.05) is 11.1 Å². The summed E-state index contributed by atoms with van der Waals surface area (Å²) in [7, 11) is -1.91. The molecule has 3 heteroatoms. The quantitative estimate of drug-likeness (QED) is 0.263. The molecule has 0 spiro atoms. The van der Waals surface area contributed by atoms with Gasteiger partial charge in [0.05, 0.1) is 6.61 Å². The van der Waals surface area contributed by atoms with Gasteiger partial charge in [-0.1, -0.05) is 87.5 Å². The molecule has 3 rings (SSSR count). The van der Waals surface area contributed by atoms with Gasteiger partial charge in [-0.3, -0.25) is 0 Å². The van der Waals surface area contributed by atoms with Gasteiger partial charge in [0.15, 0.2) is 0 Å².